The first kappa shape index (κ1) is 134. The highest BCUT2D eigenvalue weighted by molar-refractivity contribution is 7.86. The molecule has 1 aromatic carbocycles. The van der Waals surface area contributed by atoms with Crippen molar-refractivity contribution in [2.45, 2.75) is 320 Å². The molecule has 0 radical (unpaired) electrons. The summed E-state index contributed by atoms with van der Waals surface area (Å²) in [6.45, 7) is 31.6. The molecule has 15 N–H and O–H groups in total. The minimum absolute atomic E-state index is 0.0200. The van der Waals surface area contributed by atoms with E-state index in [9.17, 15) is 61.2 Å². The third-order valence-electron chi connectivity index (χ3n) is 19.5. The topological polar surface area (TPSA) is 690 Å². The summed E-state index contributed by atoms with van der Waals surface area (Å²) >= 11 is 9.53. The molecular formula is C92H159Cl2N27O22S. The van der Waals surface area contributed by atoms with Crippen molar-refractivity contribution in [3.63, 3.8) is 0 Å². The lowest BCUT2D eigenvalue weighted by Gasteiger charge is -2.22. The molecule has 814 valence electrons. The van der Waals surface area contributed by atoms with Crippen LogP contribution in [0.15, 0.2) is 136 Å². The zero-order chi connectivity index (χ0) is 109. The number of carbonyl (C=O) groups is 11. The molecule has 52 heteroatoms. The van der Waals surface area contributed by atoms with Gasteiger partial charge in [0.05, 0.1) is 57.3 Å². The van der Waals surface area contributed by atoms with Crippen LogP contribution in [0.5, 0.6) is 0 Å². The Labute approximate surface area is 856 Å². The number of carbonyl (C=O) groups excluding carboxylic acids is 11. The number of benzene rings is 1. The Hall–Kier alpha value is -11.6. The number of aromatic nitrogens is 6. The van der Waals surface area contributed by atoms with Gasteiger partial charge < -0.3 is 97.8 Å². The maximum Gasteiger partial charge on any atom is 0.408 e. The van der Waals surface area contributed by atoms with Gasteiger partial charge in [0.2, 0.25) is 0 Å². The van der Waals surface area contributed by atoms with Gasteiger partial charge in [-0.05, 0) is 256 Å². The lowest BCUT2D eigenvalue weighted by atomic mass is 10.0. The first-order chi connectivity index (χ1) is 67.9. The second-order valence-corrected chi connectivity index (χ2v) is 38.0. The molecule has 4 aromatic rings. The summed E-state index contributed by atoms with van der Waals surface area (Å²) in [5, 5.41) is 81.5. The number of nitrogens with zero attached hydrogens (tertiary/aromatic N) is 17. The number of aliphatic hydroxyl groups excluding tert-OH is 2. The molecule has 0 saturated carbocycles. The van der Waals surface area contributed by atoms with Crippen molar-refractivity contribution in [2.24, 2.45) is 74.3 Å². The molecule has 5 aliphatic rings. The number of alkyl carbamates (subject to hydrolysis) is 2. The number of nitrogens with one attached hydrogen (secondary N) is 7. The number of aryl methyl sites for hydroxylation is 1. The number of urea groups is 2. The number of methoxy groups -OCH3 is 4. The number of imidazole rings is 3. The van der Waals surface area contributed by atoms with Gasteiger partial charge in [0.25, 0.3) is 10.1 Å². The quantitative estimate of drug-likeness (QED) is 0.00642. The van der Waals surface area contributed by atoms with Crippen molar-refractivity contribution in [1.29, 1.82) is 5.26 Å². The largest absolute Gasteiger partial charge is 0.469 e. The zero-order valence-corrected chi connectivity index (χ0v) is 89.5. The molecular weight excluding hydrogens is 1940 g/mol. The number of nitriles is 1. The summed E-state index contributed by atoms with van der Waals surface area (Å²) in [6.07, 6.45) is 30.1. The number of halogens is 2. The third-order valence-corrected chi connectivity index (χ3v) is 20.8. The van der Waals surface area contributed by atoms with E-state index in [1.54, 1.807) is 103 Å². The van der Waals surface area contributed by atoms with E-state index in [4.69, 9.17) is 79.0 Å². The lowest BCUT2D eigenvalue weighted by Crippen LogP contribution is -2.44. The lowest BCUT2D eigenvalue weighted by molar-refractivity contribution is -0.145. The smallest absolute Gasteiger partial charge is 0.408 e. The fourth-order valence-corrected chi connectivity index (χ4v) is 12.0. The second kappa shape index (κ2) is 75.2. The van der Waals surface area contributed by atoms with Crippen molar-refractivity contribution in [3.8, 4) is 6.07 Å². The van der Waals surface area contributed by atoms with E-state index in [1.165, 1.54) is 81.2 Å². The molecule has 0 unspecified atom stereocenters. The first-order valence-corrected chi connectivity index (χ1v) is 49.9. The van der Waals surface area contributed by atoms with Crippen LogP contribution in [0.25, 0.3) is 0 Å². The number of Topliss-reactive ketones (excluding diaryl/α,β-unsaturated/α-hetero) is 1. The van der Waals surface area contributed by atoms with Crippen LogP contribution in [0, 0.1) is 24.2 Å². The van der Waals surface area contributed by atoms with Crippen molar-refractivity contribution in [3.05, 3.63) is 86.0 Å². The summed E-state index contributed by atoms with van der Waals surface area (Å²) in [6, 6.07) is 5.33. The summed E-state index contributed by atoms with van der Waals surface area (Å²) in [5.74, 6) is -1.42. The Morgan fingerprint density at radius 2 is 0.812 bits per heavy atom. The highest BCUT2D eigenvalue weighted by Gasteiger charge is 2.37. The average Bonchev–Trinajstić information content (AvgIpc) is 1.58. The monoisotopic (exact) mass is 2100 g/mol. The van der Waals surface area contributed by atoms with E-state index in [-0.39, 0.29) is 100 Å². The van der Waals surface area contributed by atoms with Gasteiger partial charge in [-0.1, -0.05) is 31.0 Å². The van der Waals surface area contributed by atoms with Crippen molar-refractivity contribution in [1.82, 2.24) is 65.9 Å². The predicted molar refractivity (Wildman–Crippen MR) is 538 cm³/mol. The van der Waals surface area contributed by atoms with Crippen LogP contribution in [-0.2, 0) is 66.7 Å². The third kappa shape index (κ3) is 73.5. The van der Waals surface area contributed by atoms with Crippen LogP contribution >= 0.6 is 23.2 Å². The van der Waals surface area contributed by atoms with E-state index in [0.717, 1.165) is 102 Å². The second-order valence-electron chi connectivity index (χ2n) is 35.6. The van der Waals surface area contributed by atoms with Gasteiger partial charge in [-0.3, -0.25) is 27.5 Å². The maximum atomic E-state index is 11.8. The molecule has 144 heavy (non-hydrogen) atoms. The number of hydrogen-bond donors (Lipinski definition) is 12. The van der Waals surface area contributed by atoms with Gasteiger partial charge in [-0.15, -0.1) is 23.2 Å². The van der Waals surface area contributed by atoms with E-state index < -0.39 is 69.5 Å². The molecule has 8 heterocycles. The zero-order valence-electron chi connectivity index (χ0n) is 87.1. The predicted octanol–water partition coefficient (Wildman–Crippen LogP) is 13.4. The number of esters is 4. The van der Waals surface area contributed by atoms with Crippen LogP contribution in [0.1, 0.15) is 257 Å². The molecule has 4 atom stereocenters. The van der Waals surface area contributed by atoms with E-state index in [0.29, 0.717) is 103 Å². The Kier molecular flexibility index (Phi) is 70.2. The number of hydrogen-bond acceptors (Lipinski definition) is 39. The molecule has 49 nitrogen and oxygen atoms in total. The van der Waals surface area contributed by atoms with Gasteiger partial charge >= 0.3 is 60.2 Å². The van der Waals surface area contributed by atoms with Crippen LogP contribution in [0.3, 0.4) is 0 Å². The van der Waals surface area contributed by atoms with Gasteiger partial charge in [0, 0.05) is 96.5 Å². The fourth-order valence-electron chi connectivity index (χ4n) is 11.1. The molecule has 0 aliphatic carbocycles. The van der Waals surface area contributed by atoms with Gasteiger partial charge in [-0.2, -0.15) is 64.8 Å². The van der Waals surface area contributed by atoms with Gasteiger partial charge in [0.1, 0.15) is 54.1 Å². The number of rotatable bonds is 48. The Morgan fingerprint density at radius 3 is 1.14 bits per heavy atom. The number of ether oxygens (including phenoxy) is 6. The van der Waals surface area contributed by atoms with Gasteiger partial charge in [0.15, 0.2) is 28.3 Å². The molecule has 0 saturated heterocycles. The van der Waals surface area contributed by atoms with E-state index in [1.807, 2.05) is 48.5 Å². The average molecular weight is 2100 g/mol. The number of unbranched alkanes of at least 4 members (excludes halogenated alkanes) is 4. The molecule has 3 aromatic heterocycles. The van der Waals surface area contributed by atoms with Crippen LogP contribution in [-0.4, -0.2) is 270 Å². The van der Waals surface area contributed by atoms with E-state index >= 15 is 0 Å². The number of ketones is 1. The SMILES string of the molecule is CC#N.CC(=O)CCCO.CC1(CCCN)N=N1.CC1(CCCO)N=N1.COC(=O)[C@@H](C)CCCCN.COC(=O)[C@@H](N)CCCCNC(=O)NCCCC1(C)N=N1.COC(=O)[C@H](CCCCNC(=O)NCCCC1(C)N=N1)NC(=O)OC(C)(C)C.COC(=O)[C@H](CCCCNC(=O)n1ccnc1)NC(=O)OC(C)(C)C.Cc1ccc(S(=O)(=O)OCCCC2(C)N=N2)cc1.ClCCl.O=C(n1ccnc1)n1ccnc1. The Morgan fingerprint density at radius 1 is 0.479 bits per heavy atom. The number of amides is 7. The Balaban J connectivity index is 0. The number of aliphatic hydroxyl groups is 2. The molecule has 9 rings (SSSR count). The molecule has 0 bridgehead atoms. The van der Waals surface area contributed by atoms with E-state index in [2.05, 4.69) is 113 Å². The molecule has 5 aliphatic heterocycles. The number of alkyl halides is 2. The first-order valence-electron chi connectivity index (χ1n) is 47.5. The highest BCUT2D eigenvalue weighted by Crippen LogP contribution is 2.35. The normalized spacial score (nSPS) is 14.3. The molecule has 0 fully saturated rings. The van der Waals surface area contributed by atoms with Crippen LogP contribution < -0.4 is 54.4 Å². The molecule has 0 spiro atoms. The minimum atomic E-state index is -3.64. The Bertz CT molecular complexity index is 4520. The standard InChI is InChI=1S/C18H33N5O5.C16H26N4O5.C13H25N5O3.C12H16N2O3S.C8H17NO2.C7H6N4O.C5H11N3.C5H10N2O.C5H10O2.C2H3N.CH2Cl2/c1-17(2,3)28-16(26)21-13(14(24)27-5)9-6-7-11-19-15(25)20-12-8-10-18(4)22-23-18;1-16(2,3)25-15(23)19-12(13(21)24-4)7-5-6-8-18-14(22)20-10-9-17-11-20;1-13(17-18-13)7-5-9-16-12(20)15-8-4-3-6-10(14)11(19)21-2;1-10-4-6-11(7-5-10)18(15,16)17-9-3-8-12(2)13-14-12;1-7(8(10)11-2)5-3-4-6-9;12-7(10-3-1-8-5-10)11-4-2-9-6-11;1-5(7-8-5)3-2-4-6;1-5(6-7-5)3-2-4-8;1-5(7)3-2-4-6;1-2-3;2-1-3/h13H,6-12H2,1-5H3,(H,21,26)(H2,19,20,25);9-12H,5-8H2,1-4H3,(H,18,22)(H,19,23);10H,3-9,14H2,1-2H3,(H2,15,16,20);4-7H,3,8-9H2,1-2H3;7H,3-6,9H2,1-2H3;1-6H;2-4,6H2,1H3;8H,2-4H2,1H3;6H,2-4H2,1H3;1H3;1H2/t13-;12-;10-;;7-;;;;;;/m000.0....../s1. The molecule has 7 amide bonds. The minimum Gasteiger partial charge on any atom is -0.469 e. The highest BCUT2D eigenvalue weighted by atomic mass is 35.5. The fraction of sp³-hybridized carbons (Fsp3) is 0.707. The summed E-state index contributed by atoms with van der Waals surface area (Å²) in [5.41, 5.74) is 15.0. The maximum absolute atomic E-state index is 11.8. The van der Waals surface area contributed by atoms with Crippen molar-refractivity contribution >= 4 is 99.3 Å². The van der Waals surface area contributed by atoms with Crippen LogP contribution in [0.4, 0.5) is 28.8 Å². The summed E-state index contributed by atoms with van der Waals surface area (Å²) in [4.78, 5) is 137. The summed E-state index contributed by atoms with van der Waals surface area (Å²) < 4.78 is 61.5. The number of nitrogens with two attached hydrogens (primary N) is 3. The van der Waals surface area contributed by atoms with Crippen molar-refractivity contribution < 1.29 is 104 Å². The summed E-state index contributed by atoms with van der Waals surface area (Å²) in [7, 11) is 1.63. The van der Waals surface area contributed by atoms with Gasteiger partial charge in [-0.25, -0.2) is 53.3 Å². The van der Waals surface area contributed by atoms with Crippen molar-refractivity contribution in [2.75, 3.05) is 99.4 Å². The van der Waals surface area contributed by atoms with Crippen LogP contribution in [0.2, 0.25) is 0 Å².